The van der Waals surface area contributed by atoms with Crippen LogP contribution in [0.15, 0.2) is 30.6 Å². The number of anilines is 2. The van der Waals surface area contributed by atoms with Gasteiger partial charge in [-0.1, -0.05) is 17.7 Å². The van der Waals surface area contributed by atoms with Crippen molar-refractivity contribution in [3.8, 4) is 0 Å². The minimum absolute atomic E-state index is 0.0878. The van der Waals surface area contributed by atoms with Gasteiger partial charge < -0.3 is 9.80 Å². The molecule has 154 valence electrons. The summed E-state index contributed by atoms with van der Waals surface area (Å²) in [6, 6.07) is 6.49. The van der Waals surface area contributed by atoms with Gasteiger partial charge in [0.05, 0.1) is 4.92 Å². The third kappa shape index (κ3) is 4.90. The third-order valence-electron chi connectivity index (χ3n) is 4.94. The molecule has 1 amide bonds. The van der Waals surface area contributed by atoms with Gasteiger partial charge in [0.1, 0.15) is 6.33 Å². The van der Waals surface area contributed by atoms with Gasteiger partial charge in [-0.2, -0.15) is 0 Å². The predicted octanol–water partition coefficient (Wildman–Crippen LogP) is 2.33. The second kappa shape index (κ2) is 9.01. The van der Waals surface area contributed by atoms with E-state index in [1.807, 2.05) is 11.9 Å². The number of hydrazine groups is 1. The molecule has 0 unspecified atom stereocenters. The zero-order chi connectivity index (χ0) is 21.0. The average molecular weight is 420 g/mol. The van der Waals surface area contributed by atoms with Crippen LogP contribution in [0.3, 0.4) is 0 Å². The highest BCUT2D eigenvalue weighted by Gasteiger charge is 2.30. The molecule has 1 aromatic heterocycles. The van der Waals surface area contributed by atoms with E-state index in [9.17, 15) is 14.9 Å². The molecular weight excluding hydrogens is 398 g/mol. The zero-order valence-electron chi connectivity index (χ0n) is 16.1. The maximum atomic E-state index is 12.3. The van der Waals surface area contributed by atoms with E-state index in [1.54, 1.807) is 25.2 Å². The first-order valence-electron chi connectivity index (χ1n) is 9.09. The van der Waals surface area contributed by atoms with Crippen LogP contribution in [0.1, 0.15) is 23.2 Å². The number of rotatable bonds is 6. The number of hydrogen-bond acceptors (Lipinski definition) is 8. The fourth-order valence-corrected chi connectivity index (χ4v) is 3.45. The Kier molecular flexibility index (Phi) is 6.45. The predicted molar refractivity (Wildman–Crippen MR) is 110 cm³/mol. The lowest BCUT2D eigenvalue weighted by Crippen LogP contribution is -2.42. The maximum absolute atomic E-state index is 12.3. The van der Waals surface area contributed by atoms with Crippen molar-refractivity contribution in [3.63, 3.8) is 0 Å². The number of likely N-dealkylation sites (tertiary alicyclic amines) is 1. The molecule has 1 fully saturated rings. The number of hydrogen-bond donors (Lipinski definition) is 2. The van der Waals surface area contributed by atoms with Gasteiger partial charge in [0.2, 0.25) is 11.6 Å². The summed E-state index contributed by atoms with van der Waals surface area (Å²) >= 11 is 5.89. The van der Waals surface area contributed by atoms with E-state index in [4.69, 9.17) is 11.6 Å². The summed E-state index contributed by atoms with van der Waals surface area (Å²) in [4.78, 5) is 35.6. The Morgan fingerprint density at radius 2 is 2.07 bits per heavy atom. The number of carbonyl (C=O) groups is 1. The first kappa shape index (κ1) is 20.7. The summed E-state index contributed by atoms with van der Waals surface area (Å²) in [7, 11) is 3.84. The highest BCUT2D eigenvalue weighted by atomic mass is 35.5. The lowest BCUT2D eigenvalue weighted by atomic mass is 10.0. The molecule has 1 aliphatic heterocycles. The molecule has 0 saturated carbocycles. The number of halogens is 1. The number of nitrogens with zero attached hydrogens (tertiary/aromatic N) is 5. The molecule has 1 saturated heterocycles. The van der Waals surface area contributed by atoms with Crippen LogP contribution in [0, 0.1) is 10.1 Å². The van der Waals surface area contributed by atoms with Crippen LogP contribution in [-0.4, -0.2) is 58.9 Å². The Morgan fingerprint density at radius 1 is 1.34 bits per heavy atom. The van der Waals surface area contributed by atoms with Gasteiger partial charge in [-0.15, -0.1) is 0 Å². The van der Waals surface area contributed by atoms with Crippen molar-refractivity contribution in [1.82, 2.24) is 20.3 Å². The summed E-state index contributed by atoms with van der Waals surface area (Å²) in [5.41, 5.74) is 4.99. The van der Waals surface area contributed by atoms with Gasteiger partial charge in [0.15, 0.2) is 0 Å². The molecule has 2 aromatic rings. The van der Waals surface area contributed by atoms with Crippen LogP contribution in [0.2, 0.25) is 5.02 Å². The van der Waals surface area contributed by atoms with Gasteiger partial charge in [-0.25, -0.2) is 9.97 Å². The second-order valence-electron chi connectivity index (χ2n) is 6.89. The number of amides is 1. The smallest absolute Gasteiger partial charge is 0.351 e. The number of carbonyl (C=O) groups excluding carboxylic acids is 1. The van der Waals surface area contributed by atoms with E-state index < -0.39 is 10.8 Å². The molecular formula is C18H22ClN7O3. The zero-order valence-corrected chi connectivity index (χ0v) is 16.9. The molecule has 0 bridgehead atoms. The van der Waals surface area contributed by atoms with E-state index in [2.05, 4.69) is 25.7 Å². The Morgan fingerprint density at radius 3 is 2.72 bits per heavy atom. The minimum Gasteiger partial charge on any atom is -0.351 e. The van der Waals surface area contributed by atoms with Crippen LogP contribution in [-0.2, 0) is 0 Å². The van der Waals surface area contributed by atoms with Crippen molar-refractivity contribution >= 4 is 34.8 Å². The molecule has 0 radical (unpaired) electrons. The summed E-state index contributed by atoms with van der Waals surface area (Å²) in [6.07, 6.45) is 2.99. The third-order valence-corrected chi connectivity index (χ3v) is 5.17. The molecule has 1 aromatic carbocycles. The van der Waals surface area contributed by atoms with Crippen LogP contribution >= 0.6 is 11.6 Å². The Labute approximate surface area is 173 Å². The van der Waals surface area contributed by atoms with Crippen molar-refractivity contribution in [2.45, 2.75) is 18.9 Å². The lowest BCUT2D eigenvalue weighted by molar-refractivity contribution is -0.383. The highest BCUT2D eigenvalue weighted by Crippen LogP contribution is 2.33. The molecule has 29 heavy (non-hydrogen) atoms. The molecule has 2 N–H and O–H groups in total. The summed E-state index contributed by atoms with van der Waals surface area (Å²) in [6.45, 7) is 1.82. The van der Waals surface area contributed by atoms with Gasteiger partial charge in [-0.3, -0.25) is 25.8 Å². The molecule has 0 spiro atoms. The Hall–Kier alpha value is -2.98. The second-order valence-corrected chi connectivity index (χ2v) is 7.32. The molecule has 3 rings (SSSR count). The van der Waals surface area contributed by atoms with E-state index >= 15 is 0 Å². The van der Waals surface area contributed by atoms with Crippen molar-refractivity contribution in [3.05, 3.63) is 51.3 Å². The average Bonchev–Trinajstić information content (AvgIpc) is 2.71. The van der Waals surface area contributed by atoms with E-state index in [0.717, 1.165) is 25.9 Å². The first-order chi connectivity index (χ1) is 13.9. The van der Waals surface area contributed by atoms with Crippen molar-refractivity contribution in [2.24, 2.45) is 0 Å². The highest BCUT2D eigenvalue weighted by molar-refractivity contribution is 6.30. The molecule has 2 heterocycles. The van der Waals surface area contributed by atoms with Gasteiger partial charge >= 0.3 is 5.69 Å². The van der Waals surface area contributed by atoms with Gasteiger partial charge in [0, 0.05) is 23.7 Å². The van der Waals surface area contributed by atoms with E-state index in [0.29, 0.717) is 10.6 Å². The quantitative estimate of drug-likeness (QED) is 0.541. The van der Waals surface area contributed by atoms with Crippen LogP contribution in [0.4, 0.5) is 17.3 Å². The SMILES string of the molecule is CN1CCC(N(C)c2ncnc(NNC(=O)c3cccc(Cl)c3)c2[N+](=O)[O-])CC1. The maximum Gasteiger partial charge on any atom is 0.355 e. The normalized spacial score (nSPS) is 15.0. The molecule has 10 nitrogen and oxygen atoms in total. The van der Waals surface area contributed by atoms with Crippen molar-refractivity contribution < 1.29 is 9.72 Å². The van der Waals surface area contributed by atoms with Gasteiger partial charge in [0.25, 0.3) is 5.91 Å². The number of piperidine rings is 1. The summed E-state index contributed by atoms with van der Waals surface area (Å²) in [5, 5.41) is 12.2. The molecule has 0 atom stereocenters. The van der Waals surface area contributed by atoms with E-state index in [-0.39, 0.29) is 23.4 Å². The van der Waals surface area contributed by atoms with Gasteiger partial charge in [-0.05, 0) is 51.2 Å². The molecule has 11 heteroatoms. The molecule has 0 aliphatic carbocycles. The monoisotopic (exact) mass is 419 g/mol. The standard InChI is InChI=1S/C18H22ClN7O3/c1-24-8-6-14(7-9-24)25(2)17-15(26(28)29)16(20-11-21-17)22-23-18(27)12-4-3-5-13(19)10-12/h3-5,10-11,14H,6-9H2,1-2H3,(H,23,27)(H,20,21,22). The van der Waals surface area contributed by atoms with Crippen molar-refractivity contribution in [1.29, 1.82) is 0 Å². The number of nitro groups is 1. The largest absolute Gasteiger partial charge is 0.355 e. The lowest BCUT2D eigenvalue weighted by Gasteiger charge is -2.35. The van der Waals surface area contributed by atoms with Crippen molar-refractivity contribution in [2.75, 3.05) is 37.5 Å². The van der Waals surface area contributed by atoms with Crippen LogP contribution < -0.4 is 15.8 Å². The fraction of sp³-hybridized carbons (Fsp3) is 0.389. The number of aromatic nitrogens is 2. The van der Waals surface area contributed by atoms with Crippen LogP contribution in [0.5, 0.6) is 0 Å². The Balaban J connectivity index is 1.79. The first-order valence-corrected chi connectivity index (χ1v) is 9.47. The summed E-state index contributed by atoms with van der Waals surface area (Å²) in [5.74, 6) is -0.375. The minimum atomic E-state index is -0.547. The Bertz CT molecular complexity index is 903. The topological polar surface area (TPSA) is 117 Å². The molecule has 1 aliphatic rings. The summed E-state index contributed by atoms with van der Waals surface area (Å²) < 4.78 is 0. The fourth-order valence-electron chi connectivity index (χ4n) is 3.26. The van der Waals surface area contributed by atoms with Crippen LogP contribution in [0.25, 0.3) is 0 Å². The number of benzene rings is 1. The number of nitrogens with one attached hydrogen (secondary N) is 2. The van der Waals surface area contributed by atoms with E-state index in [1.165, 1.54) is 12.4 Å².